The molecule has 102 valence electrons. The van der Waals surface area contributed by atoms with Crippen molar-refractivity contribution < 1.29 is 14.7 Å². The Labute approximate surface area is 114 Å². The highest BCUT2D eigenvalue weighted by atomic mass is 16.4. The van der Waals surface area contributed by atoms with E-state index in [0.717, 1.165) is 5.56 Å². The zero-order valence-corrected chi connectivity index (χ0v) is 10.6. The number of amides is 2. The van der Waals surface area contributed by atoms with Crippen molar-refractivity contribution in [3.63, 3.8) is 0 Å². The number of aromatic nitrogens is 2. The van der Waals surface area contributed by atoms with Gasteiger partial charge in [-0.05, 0) is 19.1 Å². The summed E-state index contributed by atoms with van der Waals surface area (Å²) in [6, 6.07) is 6.59. The third kappa shape index (κ3) is 3.29. The molecule has 0 aliphatic rings. The van der Waals surface area contributed by atoms with Gasteiger partial charge in [-0.3, -0.25) is 5.32 Å². The summed E-state index contributed by atoms with van der Waals surface area (Å²) in [6.45, 7) is 1.93. The van der Waals surface area contributed by atoms with Crippen LogP contribution in [0.25, 0.3) is 0 Å². The summed E-state index contributed by atoms with van der Waals surface area (Å²) in [4.78, 5) is 30.1. The number of aryl methyl sites for hydroxylation is 1. The van der Waals surface area contributed by atoms with Crippen molar-refractivity contribution in [3.05, 3.63) is 47.9 Å². The number of aromatic carboxylic acids is 1. The fourth-order valence-corrected chi connectivity index (χ4v) is 1.49. The molecule has 20 heavy (non-hydrogen) atoms. The number of rotatable bonds is 3. The fraction of sp³-hybridized carbons (Fsp3) is 0.0769. The first-order valence-electron chi connectivity index (χ1n) is 5.75. The molecule has 0 spiro atoms. The Balaban J connectivity index is 2.08. The highest BCUT2D eigenvalue weighted by molar-refractivity contribution is 6.02. The minimum Gasteiger partial charge on any atom is -0.476 e. The Morgan fingerprint density at radius 2 is 1.70 bits per heavy atom. The fourth-order valence-electron chi connectivity index (χ4n) is 1.49. The van der Waals surface area contributed by atoms with Gasteiger partial charge in [-0.25, -0.2) is 19.6 Å². The molecule has 0 saturated carbocycles. The van der Waals surface area contributed by atoms with Gasteiger partial charge in [0, 0.05) is 18.1 Å². The van der Waals surface area contributed by atoms with Crippen molar-refractivity contribution in [1.29, 1.82) is 0 Å². The first-order valence-corrected chi connectivity index (χ1v) is 5.75. The number of hydrogen-bond acceptors (Lipinski definition) is 4. The summed E-state index contributed by atoms with van der Waals surface area (Å²) in [5.74, 6) is -1.37. The number of benzene rings is 1. The van der Waals surface area contributed by atoms with E-state index in [1.54, 1.807) is 12.1 Å². The van der Waals surface area contributed by atoms with E-state index >= 15 is 0 Å². The number of carbonyl (C=O) groups is 2. The van der Waals surface area contributed by atoms with Crippen molar-refractivity contribution in [1.82, 2.24) is 9.97 Å². The van der Waals surface area contributed by atoms with Gasteiger partial charge in [-0.15, -0.1) is 0 Å². The van der Waals surface area contributed by atoms with Gasteiger partial charge in [-0.2, -0.15) is 0 Å². The summed E-state index contributed by atoms with van der Waals surface area (Å²) in [6.07, 6.45) is 2.54. The standard InChI is InChI=1S/C13H12N4O3/c1-8-2-4-9(5-3-8)16-13(20)17-11-10(12(18)19)14-6-7-15-11/h2-7H,1H3,(H,18,19)(H2,15,16,17,20). The Morgan fingerprint density at radius 3 is 2.35 bits per heavy atom. The number of hydrogen-bond donors (Lipinski definition) is 3. The van der Waals surface area contributed by atoms with E-state index in [0.29, 0.717) is 5.69 Å². The number of urea groups is 1. The number of anilines is 2. The van der Waals surface area contributed by atoms with Crippen LogP contribution in [0.4, 0.5) is 16.3 Å². The van der Waals surface area contributed by atoms with Gasteiger partial charge in [0.15, 0.2) is 11.5 Å². The second-order valence-corrected chi connectivity index (χ2v) is 4.00. The SMILES string of the molecule is Cc1ccc(NC(=O)Nc2nccnc2C(=O)O)cc1. The lowest BCUT2D eigenvalue weighted by Crippen LogP contribution is -2.22. The van der Waals surface area contributed by atoms with Gasteiger partial charge >= 0.3 is 12.0 Å². The van der Waals surface area contributed by atoms with Crippen LogP contribution in [-0.4, -0.2) is 27.1 Å². The van der Waals surface area contributed by atoms with E-state index in [4.69, 9.17) is 5.11 Å². The molecule has 7 nitrogen and oxygen atoms in total. The predicted octanol–water partition coefficient (Wildman–Crippen LogP) is 2.13. The van der Waals surface area contributed by atoms with Crippen molar-refractivity contribution in [2.45, 2.75) is 6.92 Å². The molecular weight excluding hydrogens is 260 g/mol. The van der Waals surface area contributed by atoms with E-state index in [-0.39, 0.29) is 11.5 Å². The van der Waals surface area contributed by atoms with Crippen LogP contribution in [0.15, 0.2) is 36.7 Å². The molecule has 1 aromatic heterocycles. The molecular formula is C13H12N4O3. The van der Waals surface area contributed by atoms with E-state index in [9.17, 15) is 9.59 Å². The van der Waals surface area contributed by atoms with E-state index in [1.807, 2.05) is 19.1 Å². The normalized spacial score (nSPS) is 9.85. The molecule has 0 bridgehead atoms. The number of carbonyl (C=O) groups excluding carboxylic acids is 1. The van der Waals surface area contributed by atoms with Crippen molar-refractivity contribution in [2.24, 2.45) is 0 Å². The maximum Gasteiger partial charge on any atom is 0.358 e. The Hall–Kier alpha value is -2.96. The zero-order valence-electron chi connectivity index (χ0n) is 10.6. The highest BCUT2D eigenvalue weighted by Gasteiger charge is 2.14. The third-order valence-electron chi connectivity index (χ3n) is 2.44. The maximum atomic E-state index is 11.8. The van der Waals surface area contributed by atoms with E-state index in [2.05, 4.69) is 20.6 Å². The quantitative estimate of drug-likeness (QED) is 0.793. The molecule has 0 fully saturated rings. The largest absolute Gasteiger partial charge is 0.476 e. The molecule has 1 aromatic carbocycles. The second-order valence-electron chi connectivity index (χ2n) is 4.00. The molecule has 2 rings (SSSR count). The zero-order chi connectivity index (χ0) is 14.5. The molecule has 7 heteroatoms. The molecule has 0 aliphatic heterocycles. The second kappa shape index (κ2) is 5.79. The minimum absolute atomic E-state index is 0.107. The molecule has 3 N–H and O–H groups in total. The third-order valence-corrected chi connectivity index (χ3v) is 2.44. The summed E-state index contributed by atoms with van der Waals surface area (Å²) < 4.78 is 0. The lowest BCUT2D eigenvalue weighted by atomic mass is 10.2. The smallest absolute Gasteiger partial charge is 0.358 e. The lowest BCUT2D eigenvalue weighted by molar-refractivity contribution is 0.0691. The van der Waals surface area contributed by atoms with E-state index < -0.39 is 12.0 Å². The monoisotopic (exact) mass is 272 g/mol. The van der Waals surface area contributed by atoms with Gasteiger partial charge in [0.25, 0.3) is 0 Å². The number of nitrogens with zero attached hydrogens (tertiary/aromatic N) is 2. The van der Waals surface area contributed by atoms with Crippen LogP contribution in [0.1, 0.15) is 16.1 Å². The van der Waals surface area contributed by atoms with Crippen molar-refractivity contribution in [2.75, 3.05) is 10.6 Å². The molecule has 0 atom stereocenters. The molecule has 2 aromatic rings. The number of nitrogens with one attached hydrogen (secondary N) is 2. The van der Waals surface area contributed by atoms with Crippen LogP contribution < -0.4 is 10.6 Å². The lowest BCUT2D eigenvalue weighted by Gasteiger charge is -2.08. The first-order chi connectivity index (χ1) is 9.56. The number of carboxylic acid groups (broad SMARTS) is 1. The average molecular weight is 272 g/mol. The van der Waals surface area contributed by atoms with Crippen LogP contribution in [0.5, 0.6) is 0 Å². The van der Waals surface area contributed by atoms with Crippen LogP contribution >= 0.6 is 0 Å². The summed E-state index contributed by atoms with van der Waals surface area (Å²) in [5.41, 5.74) is 1.35. The van der Waals surface area contributed by atoms with Crippen LogP contribution in [0.3, 0.4) is 0 Å². The summed E-state index contributed by atoms with van der Waals surface area (Å²) >= 11 is 0. The van der Waals surface area contributed by atoms with Gasteiger partial charge in [0.2, 0.25) is 0 Å². The minimum atomic E-state index is -1.26. The Morgan fingerprint density at radius 1 is 1.05 bits per heavy atom. The molecule has 0 aliphatic carbocycles. The predicted molar refractivity (Wildman–Crippen MR) is 72.8 cm³/mol. The van der Waals surface area contributed by atoms with E-state index in [1.165, 1.54) is 12.4 Å². The average Bonchev–Trinajstić information content (AvgIpc) is 2.41. The molecule has 2 amide bonds. The molecule has 0 radical (unpaired) electrons. The summed E-state index contributed by atoms with van der Waals surface area (Å²) in [5, 5.41) is 13.8. The van der Waals surface area contributed by atoms with Crippen LogP contribution in [0, 0.1) is 6.92 Å². The van der Waals surface area contributed by atoms with Crippen molar-refractivity contribution in [3.8, 4) is 0 Å². The highest BCUT2D eigenvalue weighted by Crippen LogP contribution is 2.11. The Bertz CT molecular complexity index is 640. The van der Waals surface area contributed by atoms with Crippen LogP contribution in [0.2, 0.25) is 0 Å². The van der Waals surface area contributed by atoms with Gasteiger partial charge in [0.1, 0.15) is 0 Å². The topological polar surface area (TPSA) is 104 Å². The molecule has 0 saturated heterocycles. The van der Waals surface area contributed by atoms with Crippen LogP contribution in [-0.2, 0) is 0 Å². The molecule has 1 heterocycles. The van der Waals surface area contributed by atoms with Crippen molar-refractivity contribution >= 4 is 23.5 Å². The van der Waals surface area contributed by atoms with Gasteiger partial charge in [-0.1, -0.05) is 17.7 Å². The van der Waals surface area contributed by atoms with Gasteiger partial charge < -0.3 is 10.4 Å². The summed E-state index contributed by atoms with van der Waals surface area (Å²) in [7, 11) is 0. The maximum absolute atomic E-state index is 11.8. The molecule has 0 unspecified atom stereocenters. The van der Waals surface area contributed by atoms with Gasteiger partial charge in [0.05, 0.1) is 0 Å². The Kier molecular flexibility index (Phi) is 3.90. The number of carboxylic acids is 1. The first kappa shape index (κ1) is 13.5.